The molecule has 0 saturated carbocycles. The first-order chi connectivity index (χ1) is 25.6. The Bertz CT molecular complexity index is 2590. The maximum absolute atomic E-state index is 11.8. The highest BCUT2D eigenvalue weighted by molar-refractivity contribution is 6.08. The summed E-state index contributed by atoms with van der Waals surface area (Å²) >= 11 is 0. The van der Waals surface area contributed by atoms with Gasteiger partial charge in [-0.3, -0.25) is 4.79 Å². The van der Waals surface area contributed by atoms with Crippen LogP contribution < -0.4 is 4.90 Å². The minimum absolute atomic E-state index is 0.0465. The number of carboxylic acids is 1. The van der Waals surface area contributed by atoms with Crippen LogP contribution in [0.15, 0.2) is 145 Å². The Morgan fingerprint density at radius 1 is 0.811 bits per heavy atom. The third-order valence-corrected chi connectivity index (χ3v) is 11.4. The number of anilines is 1. The number of hydrogen-bond donors (Lipinski definition) is 1. The molecule has 2 aliphatic rings. The van der Waals surface area contributed by atoms with Crippen LogP contribution in [0.2, 0.25) is 0 Å². The van der Waals surface area contributed by atoms with Gasteiger partial charge >= 0.3 is 5.97 Å². The number of hydrogen-bond acceptors (Lipinski definition) is 3. The first-order valence-corrected chi connectivity index (χ1v) is 18.2. The predicted molar refractivity (Wildman–Crippen MR) is 216 cm³/mol. The third-order valence-electron chi connectivity index (χ3n) is 11.4. The van der Waals surface area contributed by atoms with Gasteiger partial charge in [0.15, 0.2) is 5.71 Å². The number of nitriles is 1. The molecule has 0 bridgehead atoms. The summed E-state index contributed by atoms with van der Waals surface area (Å²) in [6.45, 7) is 7.25. The molecule has 53 heavy (non-hydrogen) atoms. The fourth-order valence-corrected chi connectivity index (χ4v) is 8.98. The number of fused-ring (bicyclic) bond motifs is 6. The quantitative estimate of drug-likeness (QED) is 0.161. The van der Waals surface area contributed by atoms with Crippen molar-refractivity contribution >= 4 is 44.6 Å². The summed E-state index contributed by atoms with van der Waals surface area (Å²) in [7, 11) is 2.16. The normalized spacial score (nSPS) is 18.2. The average molecular weight is 693 g/mol. The van der Waals surface area contributed by atoms with Crippen molar-refractivity contribution in [1.29, 1.82) is 5.26 Å². The Kier molecular flexibility index (Phi) is 8.35. The molecule has 5 nitrogen and oxygen atoms in total. The molecule has 1 atom stereocenters. The number of allylic oxidation sites excluding steroid dienone is 4. The second kappa shape index (κ2) is 13.1. The summed E-state index contributed by atoms with van der Waals surface area (Å²) in [5, 5.41) is 24.3. The number of carbonyl (C=O) groups is 1. The lowest BCUT2D eigenvalue weighted by molar-refractivity contribution is -0.401. The highest BCUT2D eigenvalue weighted by Crippen LogP contribution is 2.51. The molecule has 260 valence electrons. The molecule has 2 heterocycles. The van der Waals surface area contributed by atoms with Gasteiger partial charge in [-0.1, -0.05) is 117 Å². The molecular weight excluding hydrogens is 651 g/mol. The van der Waals surface area contributed by atoms with Crippen molar-refractivity contribution in [3.05, 3.63) is 168 Å². The molecule has 2 aliphatic heterocycles. The fourth-order valence-electron chi connectivity index (χ4n) is 8.98. The second-order valence-corrected chi connectivity index (χ2v) is 15.0. The van der Waals surface area contributed by atoms with Crippen molar-refractivity contribution in [2.75, 3.05) is 18.5 Å². The van der Waals surface area contributed by atoms with Crippen molar-refractivity contribution in [2.45, 2.75) is 44.4 Å². The smallest absolute Gasteiger partial charge is 0.305 e. The van der Waals surface area contributed by atoms with E-state index >= 15 is 0 Å². The van der Waals surface area contributed by atoms with Crippen molar-refractivity contribution < 1.29 is 14.5 Å². The zero-order valence-corrected chi connectivity index (χ0v) is 30.6. The monoisotopic (exact) mass is 692 g/mol. The van der Waals surface area contributed by atoms with Crippen LogP contribution in [0, 0.1) is 11.3 Å². The molecule has 6 aromatic carbocycles. The van der Waals surface area contributed by atoms with Gasteiger partial charge in [0.1, 0.15) is 7.05 Å². The maximum Gasteiger partial charge on any atom is 0.305 e. The zero-order valence-electron chi connectivity index (χ0n) is 30.6. The summed E-state index contributed by atoms with van der Waals surface area (Å²) in [5.74, 6) is -0.807. The average Bonchev–Trinajstić information content (AvgIpc) is 3.52. The molecule has 8 rings (SSSR count). The molecule has 0 aromatic heterocycles. The van der Waals surface area contributed by atoms with Crippen LogP contribution in [0.3, 0.4) is 0 Å². The van der Waals surface area contributed by atoms with Crippen molar-refractivity contribution in [3.8, 4) is 17.2 Å². The Morgan fingerprint density at radius 2 is 1.45 bits per heavy atom. The van der Waals surface area contributed by atoms with E-state index in [4.69, 9.17) is 0 Å². The van der Waals surface area contributed by atoms with Crippen LogP contribution in [0.4, 0.5) is 11.4 Å². The van der Waals surface area contributed by atoms with E-state index in [1.54, 1.807) is 0 Å². The van der Waals surface area contributed by atoms with Crippen molar-refractivity contribution in [1.82, 2.24) is 0 Å². The summed E-state index contributed by atoms with van der Waals surface area (Å²) in [6, 6.07) is 44.6. The van der Waals surface area contributed by atoms with E-state index in [2.05, 4.69) is 159 Å². The van der Waals surface area contributed by atoms with E-state index in [1.165, 1.54) is 49.6 Å². The molecule has 0 radical (unpaired) electrons. The Morgan fingerprint density at radius 3 is 2.15 bits per heavy atom. The summed E-state index contributed by atoms with van der Waals surface area (Å²) < 4.78 is 2.33. The number of aliphatic carboxylic acids is 1. The van der Waals surface area contributed by atoms with Crippen LogP contribution in [-0.4, -0.2) is 35.0 Å². The summed E-state index contributed by atoms with van der Waals surface area (Å²) in [6.07, 6.45) is 7.44. The number of rotatable bonds is 8. The van der Waals surface area contributed by atoms with Gasteiger partial charge in [-0.25, -0.2) is 0 Å². The van der Waals surface area contributed by atoms with Gasteiger partial charge in [-0.05, 0) is 81.4 Å². The van der Waals surface area contributed by atoms with E-state index in [0.717, 1.165) is 28.9 Å². The lowest BCUT2D eigenvalue weighted by Crippen LogP contribution is -2.33. The van der Waals surface area contributed by atoms with E-state index < -0.39 is 5.97 Å². The van der Waals surface area contributed by atoms with Crippen LogP contribution in [-0.2, 0) is 22.0 Å². The molecule has 0 fully saturated rings. The number of benzene rings is 6. The molecule has 0 aliphatic carbocycles. The van der Waals surface area contributed by atoms with E-state index in [-0.39, 0.29) is 17.3 Å². The molecular formula is C48H42N3O2+. The predicted octanol–water partition coefficient (Wildman–Crippen LogP) is 10.5. The SMILES string of the molecule is C[N+]1=C(/C=C/C=C2/N(CCC(=O)O)c3ccc4ccccc4c3C2(C)C)C(C)(Cc2ccc(-c3ccccc3C#N)cc2)c2c1ccc1ccccc21. The second-order valence-electron chi connectivity index (χ2n) is 15.0. The van der Waals surface area contributed by atoms with Gasteiger partial charge in [-0.15, -0.1) is 0 Å². The Labute approximate surface area is 311 Å². The van der Waals surface area contributed by atoms with Crippen LogP contribution in [0.5, 0.6) is 0 Å². The van der Waals surface area contributed by atoms with Gasteiger partial charge in [0, 0.05) is 41.1 Å². The number of nitrogens with zero attached hydrogens (tertiary/aromatic N) is 3. The minimum Gasteiger partial charge on any atom is -0.481 e. The van der Waals surface area contributed by atoms with Gasteiger partial charge in [0.2, 0.25) is 5.69 Å². The molecule has 1 unspecified atom stereocenters. The Hall–Kier alpha value is -6.25. The molecule has 0 saturated heterocycles. The van der Waals surface area contributed by atoms with E-state index in [9.17, 15) is 15.2 Å². The van der Waals surface area contributed by atoms with Crippen LogP contribution >= 0.6 is 0 Å². The lowest BCUT2D eigenvalue weighted by Gasteiger charge is -2.27. The van der Waals surface area contributed by atoms with Crippen molar-refractivity contribution in [3.63, 3.8) is 0 Å². The molecule has 6 aromatic rings. The topological polar surface area (TPSA) is 67.3 Å². The van der Waals surface area contributed by atoms with Gasteiger partial charge < -0.3 is 10.0 Å². The van der Waals surface area contributed by atoms with Gasteiger partial charge in [0.25, 0.3) is 0 Å². The first-order valence-electron chi connectivity index (χ1n) is 18.2. The Balaban J connectivity index is 1.22. The van der Waals surface area contributed by atoms with Gasteiger partial charge in [-0.2, -0.15) is 9.84 Å². The largest absolute Gasteiger partial charge is 0.481 e. The minimum atomic E-state index is -0.807. The third kappa shape index (κ3) is 5.63. The van der Waals surface area contributed by atoms with E-state index in [1.807, 2.05) is 24.3 Å². The maximum atomic E-state index is 11.8. The van der Waals surface area contributed by atoms with E-state index in [0.29, 0.717) is 12.1 Å². The highest BCUT2D eigenvalue weighted by atomic mass is 16.4. The molecule has 0 spiro atoms. The standard InChI is InChI=1S/C48H41N3O2/c1-47(2)42(51(29-28-44(52)53)41-27-25-33-12-5-9-16-38(33)45(41)47)18-11-19-43-48(3,46-39-17-10-6-13-34(39)24-26-40(46)50(43)4)30-32-20-22-35(23-21-32)37-15-8-7-14-36(37)31-49/h5-27H,28-30H2,1-4H3/p+1. The fraction of sp³-hybridized carbons (Fsp3) is 0.188. The molecule has 1 N–H and O–H groups in total. The lowest BCUT2D eigenvalue weighted by atomic mass is 9.73. The first kappa shape index (κ1) is 33.9. The van der Waals surface area contributed by atoms with Gasteiger partial charge in [0.05, 0.1) is 23.5 Å². The molecule has 0 amide bonds. The summed E-state index contributed by atoms with van der Waals surface area (Å²) in [4.78, 5) is 14.0. The highest BCUT2D eigenvalue weighted by Gasteiger charge is 2.48. The zero-order chi connectivity index (χ0) is 36.9. The van der Waals surface area contributed by atoms with Crippen molar-refractivity contribution in [2.24, 2.45) is 0 Å². The van der Waals surface area contributed by atoms with Crippen LogP contribution in [0.25, 0.3) is 32.7 Å². The number of carboxylic acid groups (broad SMARTS) is 1. The molecule has 5 heteroatoms. The summed E-state index contributed by atoms with van der Waals surface area (Å²) in [5.41, 5.74) is 10.2. The van der Waals surface area contributed by atoms with Crippen LogP contribution in [0.1, 0.15) is 49.4 Å².